The Bertz CT molecular complexity index is 5410. The molecule has 6 fully saturated rings. The lowest BCUT2D eigenvalue weighted by Gasteiger charge is -2.29. The SMILES string of the molecule is C=C[C@@H]1C[C@]1(NC(=O)[C@@H]1C[C@@H](NS(=O)(=O)c2ccccc2[N+](=O)[O-])CN1C(=O)OC(C)(C)C)C(=O)NS(=O)(=O)c1ccccc1NCCCCCCC[C@H](NC(=O)OC1CCCC1)C(=O)O.C=C[C@@H]1C[C@]1(NC(=O)[C@@H]1C[C@@H](NS(=O)(=O)c2ccccc2[N+](=O)[O-])CN1C(=O)OC(C)(C)C)C(=O)NS(=O)(=O)c1ccccc1NCCCCCCC[C@H](NC(=O)OC1CCCC1)C(=O)OC. The summed E-state index contributed by atoms with van der Waals surface area (Å²) in [5, 5.41) is 49.3. The van der Waals surface area contributed by atoms with Gasteiger partial charge in [-0.15, -0.1) is 13.2 Å². The van der Waals surface area contributed by atoms with Gasteiger partial charge in [0, 0.05) is 62.2 Å². The van der Waals surface area contributed by atoms with Gasteiger partial charge in [-0.25, -0.2) is 81.3 Å². The van der Waals surface area contributed by atoms with Gasteiger partial charge in [0.2, 0.25) is 31.9 Å². The molecule has 8 amide bonds. The highest BCUT2D eigenvalue weighted by Gasteiger charge is 2.63. The Morgan fingerprint density at radius 1 is 0.496 bits per heavy atom. The largest absolute Gasteiger partial charge is 0.480 e. The van der Waals surface area contributed by atoms with Gasteiger partial charge in [-0.3, -0.25) is 49.2 Å². The summed E-state index contributed by atoms with van der Waals surface area (Å²) in [6.07, 6.45) is 13.1. The number of nitrogens with one attached hydrogen (secondary N) is 10. The fraction of sp³-hybridized carbons (Fsp3) is 0.563. The molecule has 42 nitrogen and oxygen atoms in total. The first-order valence-corrected chi connectivity index (χ1v) is 50.1. The summed E-state index contributed by atoms with van der Waals surface area (Å²) in [5.41, 5.74) is -6.62. The topological polar surface area (TPSA) is 587 Å². The van der Waals surface area contributed by atoms with Gasteiger partial charge in [-0.2, -0.15) is 0 Å². The first-order valence-electron chi connectivity index (χ1n) is 44.1. The number of carboxylic acid groups (broad SMARTS) is 1. The third-order valence-corrected chi connectivity index (χ3v) is 29.1. The van der Waals surface area contributed by atoms with E-state index in [9.17, 15) is 107 Å². The highest BCUT2D eigenvalue weighted by molar-refractivity contribution is 7.91. The molecule has 0 bridgehead atoms. The molecule has 0 radical (unpaired) electrons. The van der Waals surface area contributed by atoms with Crippen molar-refractivity contribution in [2.24, 2.45) is 11.8 Å². The second-order valence-corrected chi connectivity index (χ2v) is 42.2. The maximum absolute atomic E-state index is 14.1. The number of hydrogen-bond acceptors (Lipinski definition) is 29. The number of esters is 1. The lowest BCUT2D eigenvalue weighted by molar-refractivity contribution is -0.388. The van der Waals surface area contributed by atoms with Gasteiger partial charge in [0.15, 0.2) is 9.79 Å². The molecule has 4 aromatic carbocycles. The van der Waals surface area contributed by atoms with Crippen molar-refractivity contribution >= 4 is 123 Å². The molecule has 46 heteroatoms. The van der Waals surface area contributed by atoms with Crippen molar-refractivity contribution in [2.75, 3.05) is 43.9 Å². The van der Waals surface area contributed by atoms with E-state index in [0.717, 1.165) is 118 Å². The number of carboxylic acids is 1. The molecule has 4 aliphatic carbocycles. The van der Waals surface area contributed by atoms with Crippen LogP contribution in [0.15, 0.2) is 142 Å². The molecule has 730 valence electrons. The quantitative estimate of drug-likeness (QED) is 0.00490. The molecule has 11 N–H and O–H groups in total. The van der Waals surface area contributed by atoms with Gasteiger partial charge in [-0.05, 0) is 181 Å². The standard InChI is InChI=1S/C44H61N7O14S2.C43H59N7O14S2/c1-6-29-27-44(29,47-38(52)35-26-30(28-50(35)42(56)65-43(2,3)4)48-67(61,62)37-24-16-14-22-34(37)51(57)58)40(54)49-66(59,60)36-23-15-13-20-32(36)45-25-17-9-7-8-10-21-33(39(53)63-5)46-41(55)64-31-18-11-12-19-31;1-5-28-26-43(28,46-37(51)34-25-29(27-49(34)41(56)64-42(2,3)4)47-66(61,62)36-23-15-13-21-33(36)50(57)58)39(54)48-65(59,60)35-22-14-12-19-31(35)44-24-16-8-6-7-9-20-32(38(52)53)45-40(55)63-30-17-10-11-18-30/h6,13-16,20,22-24,29-31,33,35,45,48H,1,7-12,17-19,21,25-28H2,2-5H3,(H,46,55)(H,47,52)(H,49,54);5,12-15,19,21-23,28-30,32,34,44,47H,1,6-11,16-18,20,24-27H2,2-4H3,(H,45,55)(H,46,51)(H,48,54)(H,52,53)/t29-,30-,33+,35+,44-;28-,29-,32+,34+,43-/m11/s1. The first-order chi connectivity index (χ1) is 62.7. The molecule has 6 aliphatic rings. The molecule has 4 saturated carbocycles. The number of sulfonamides is 4. The number of unbranched alkanes of at least 4 members (excludes halogenated alkanes) is 8. The van der Waals surface area contributed by atoms with E-state index in [1.165, 1.54) is 73.9 Å². The van der Waals surface area contributed by atoms with Crippen molar-refractivity contribution in [2.45, 2.75) is 286 Å². The maximum atomic E-state index is 14.1. The zero-order valence-corrected chi connectivity index (χ0v) is 78.5. The molecule has 2 aliphatic heterocycles. The van der Waals surface area contributed by atoms with Crippen molar-refractivity contribution in [1.82, 2.24) is 50.0 Å². The molecule has 0 spiro atoms. The van der Waals surface area contributed by atoms with Crippen LogP contribution in [0.4, 0.5) is 41.9 Å². The van der Waals surface area contributed by atoms with Crippen LogP contribution in [0.3, 0.4) is 0 Å². The number of amides is 8. The van der Waals surface area contributed by atoms with Crippen molar-refractivity contribution in [3.05, 3.63) is 143 Å². The van der Waals surface area contributed by atoms with E-state index in [0.29, 0.717) is 51.6 Å². The number of nitrogens with zero attached hydrogens (tertiary/aromatic N) is 4. The average Bonchev–Trinajstić information content (AvgIpc) is 1.58. The summed E-state index contributed by atoms with van der Waals surface area (Å²) >= 11 is 0. The predicted octanol–water partition coefficient (Wildman–Crippen LogP) is 9.47. The lowest BCUT2D eigenvalue weighted by Crippen LogP contribution is -2.56. The monoisotopic (exact) mass is 1940 g/mol. The van der Waals surface area contributed by atoms with Gasteiger partial charge >= 0.3 is 36.3 Å². The molecule has 0 aromatic heterocycles. The number of nitro benzene ring substituents is 2. The third-order valence-electron chi connectivity index (χ3n) is 23.2. The van der Waals surface area contributed by atoms with E-state index < -0.39 is 201 Å². The number of alkyl carbamates (subject to hydrolysis) is 2. The van der Waals surface area contributed by atoms with Crippen molar-refractivity contribution in [3.8, 4) is 0 Å². The predicted molar refractivity (Wildman–Crippen MR) is 482 cm³/mol. The minimum atomic E-state index is -4.56. The van der Waals surface area contributed by atoms with E-state index in [-0.39, 0.29) is 78.6 Å². The number of para-hydroxylation sites is 4. The van der Waals surface area contributed by atoms with Crippen LogP contribution < -0.4 is 50.8 Å². The molecule has 10 rings (SSSR count). The van der Waals surface area contributed by atoms with Gasteiger partial charge in [0.25, 0.3) is 43.2 Å². The van der Waals surface area contributed by atoms with Crippen LogP contribution in [-0.2, 0) is 92.5 Å². The molecule has 0 unspecified atom stereocenters. The van der Waals surface area contributed by atoms with Crippen LogP contribution in [-0.4, -0.2) is 222 Å². The zero-order chi connectivity index (χ0) is 97.6. The fourth-order valence-electron chi connectivity index (χ4n) is 16.3. The Kier molecular flexibility index (Phi) is 36.2. The van der Waals surface area contributed by atoms with Crippen LogP contribution in [0, 0.1) is 32.1 Å². The smallest absolute Gasteiger partial charge is 0.411 e. The Labute approximate surface area is 773 Å². The molecular formula is C87H120N14O28S4. The third kappa shape index (κ3) is 29.2. The summed E-state index contributed by atoms with van der Waals surface area (Å²) in [6.45, 7) is 16.9. The lowest BCUT2D eigenvalue weighted by atomic mass is 10.1. The van der Waals surface area contributed by atoms with Crippen molar-refractivity contribution in [1.29, 1.82) is 0 Å². The fourth-order valence-corrected chi connectivity index (χ4v) is 21.6. The number of carbonyl (C=O) groups is 10. The Morgan fingerprint density at radius 2 is 0.835 bits per heavy atom. The number of likely N-dealkylation sites (tertiary alicyclic amines) is 2. The van der Waals surface area contributed by atoms with Crippen LogP contribution in [0.25, 0.3) is 0 Å². The summed E-state index contributed by atoms with van der Waals surface area (Å²) < 4.78 is 144. The highest BCUT2D eigenvalue weighted by atomic mass is 32.2. The highest BCUT2D eigenvalue weighted by Crippen LogP contribution is 2.47. The van der Waals surface area contributed by atoms with Crippen molar-refractivity contribution in [3.63, 3.8) is 0 Å². The molecule has 10 atom stereocenters. The summed E-state index contributed by atoms with van der Waals surface area (Å²) in [7, 11) is -17.0. The number of ether oxygens (including phenoxy) is 5. The minimum absolute atomic E-state index is 0.0385. The first kappa shape index (κ1) is 105. The number of benzene rings is 4. The van der Waals surface area contributed by atoms with Crippen LogP contribution in [0.1, 0.15) is 196 Å². The minimum Gasteiger partial charge on any atom is -0.480 e. The summed E-state index contributed by atoms with van der Waals surface area (Å²) in [4.78, 5) is 153. The Morgan fingerprint density at radius 3 is 1.18 bits per heavy atom. The number of aliphatic carboxylic acids is 1. The van der Waals surface area contributed by atoms with Gasteiger partial charge in [0.05, 0.1) is 28.3 Å². The molecule has 4 aromatic rings. The number of anilines is 2. The summed E-state index contributed by atoms with van der Waals surface area (Å²) in [6, 6.07) is 14.3. The van der Waals surface area contributed by atoms with Gasteiger partial charge in [-0.1, -0.05) is 112 Å². The number of nitro groups is 2. The van der Waals surface area contributed by atoms with E-state index in [2.05, 4.69) is 63.9 Å². The average molecular weight is 1940 g/mol. The maximum Gasteiger partial charge on any atom is 0.411 e. The molecular weight excluding hydrogens is 1820 g/mol. The van der Waals surface area contributed by atoms with E-state index in [4.69, 9.17) is 23.7 Å². The van der Waals surface area contributed by atoms with Crippen LogP contribution in [0.5, 0.6) is 0 Å². The number of rotatable bonds is 44. The van der Waals surface area contributed by atoms with Crippen LogP contribution >= 0.6 is 0 Å². The Hall–Kier alpha value is -11.6. The number of methoxy groups -OCH3 is 1. The number of carbonyl (C=O) groups excluding carboxylic acids is 9. The summed E-state index contributed by atoms with van der Waals surface area (Å²) in [5.74, 6) is -7.08. The normalized spacial score (nSPS) is 21.2. The Balaban J connectivity index is 0.000000299. The van der Waals surface area contributed by atoms with Crippen molar-refractivity contribution < 1.29 is 120 Å². The number of hydrogen-bond donors (Lipinski definition) is 11. The van der Waals surface area contributed by atoms with E-state index in [1.54, 1.807) is 59.7 Å². The van der Waals surface area contributed by atoms with E-state index in [1.807, 2.05) is 0 Å². The zero-order valence-electron chi connectivity index (χ0n) is 75.3. The molecule has 133 heavy (non-hydrogen) atoms. The molecule has 2 saturated heterocycles. The van der Waals surface area contributed by atoms with Gasteiger partial charge in [0.1, 0.15) is 68.4 Å². The van der Waals surface area contributed by atoms with Gasteiger partial charge < -0.3 is 60.7 Å². The second-order valence-electron chi connectivity index (χ2n) is 35.6. The van der Waals surface area contributed by atoms with E-state index >= 15 is 0 Å². The second kappa shape index (κ2) is 45.9. The molecule has 2 heterocycles. The van der Waals surface area contributed by atoms with Crippen LogP contribution in [0.2, 0.25) is 0 Å².